The molecular formula is C24H24N2O. The van der Waals surface area contributed by atoms with E-state index < -0.39 is 5.92 Å². The summed E-state index contributed by atoms with van der Waals surface area (Å²) in [5.41, 5.74) is 9.17. The van der Waals surface area contributed by atoms with Gasteiger partial charge in [-0.3, -0.25) is 4.79 Å². The van der Waals surface area contributed by atoms with Crippen LogP contribution in [0.1, 0.15) is 39.3 Å². The van der Waals surface area contributed by atoms with Gasteiger partial charge in [-0.25, -0.2) is 5.43 Å². The number of hydrogen-bond acceptors (Lipinski definition) is 2. The normalized spacial score (nSPS) is 11.1. The molecule has 0 spiro atoms. The highest BCUT2D eigenvalue weighted by Gasteiger charge is 2.22. The summed E-state index contributed by atoms with van der Waals surface area (Å²) in [6.07, 6.45) is 1.73. The molecule has 0 unspecified atom stereocenters. The Hall–Kier alpha value is -3.20. The van der Waals surface area contributed by atoms with Crippen molar-refractivity contribution in [3.63, 3.8) is 0 Å². The van der Waals surface area contributed by atoms with Gasteiger partial charge in [-0.15, -0.1) is 0 Å². The zero-order valence-corrected chi connectivity index (χ0v) is 15.9. The molecule has 0 aliphatic heterocycles. The van der Waals surface area contributed by atoms with Crippen LogP contribution in [0.25, 0.3) is 0 Å². The molecule has 27 heavy (non-hydrogen) atoms. The molecule has 3 aromatic carbocycles. The number of hydrazone groups is 1. The monoisotopic (exact) mass is 356 g/mol. The molecule has 0 heterocycles. The molecule has 1 amide bonds. The van der Waals surface area contributed by atoms with Crippen molar-refractivity contribution in [2.75, 3.05) is 0 Å². The molecule has 0 fully saturated rings. The maximum Gasteiger partial charge on any atom is 0.252 e. The number of nitrogens with one attached hydrogen (secondary N) is 1. The number of benzene rings is 3. The summed E-state index contributed by atoms with van der Waals surface area (Å²) in [5.74, 6) is -0.546. The van der Waals surface area contributed by atoms with Crippen LogP contribution in [0.5, 0.6) is 0 Å². The number of rotatable bonds is 5. The van der Waals surface area contributed by atoms with Crippen molar-refractivity contribution in [2.24, 2.45) is 5.10 Å². The Labute approximate surface area is 160 Å². The molecule has 3 rings (SSSR count). The van der Waals surface area contributed by atoms with Crippen LogP contribution in [0.3, 0.4) is 0 Å². The number of aryl methyl sites for hydroxylation is 3. The van der Waals surface area contributed by atoms with Crippen LogP contribution in [-0.2, 0) is 4.79 Å². The standard InChI is InChI=1S/C24H24N2O/c1-17-14-18(2)22(19(3)15-17)16-25-26-24(27)23(20-10-6-4-7-11-20)21-12-8-5-9-13-21/h4-16,23H,1-3H3,(H,26,27)/b25-16-. The van der Waals surface area contributed by atoms with E-state index in [1.807, 2.05) is 60.7 Å². The van der Waals surface area contributed by atoms with Crippen LogP contribution in [0.4, 0.5) is 0 Å². The summed E-state index contributed by atoms with van der Waals surface area (Å²) >= 11 is 0. The highest BCUT2D eigenvalue weighted by molar-refractivity contribution is 5.89. The summed E-state index contributed by atoms with van der Waals surface area (Å²) in [4.78, 5) is 12.9. The third-order valence-corrected chi connectivity index (χ3v) is 4.63. The first-order valence-electron chi connectivity index (χ1n) is 9.07. The van der Waals surface area contributed by atoms with Crippen molar-refractivity contribution >= 4 is 12.1 Å². The molecular weight excluding hydrogens is 332 g/mol. The second kappa shape index (κ2) is 8.45. The Bertz CT molecular complexity index is 884. The van der Waals surface area contributed by atoms with Gasteiger partial charge in [-0.2, -0.15) is 5.10 Å². The average molecular weight is 356 g/mol. The molecule has 0 aromatic heterocycles. The van der Waals surface area contributed by atoms with Crippen molar-refractivity contribution < 1.29 is 4.79 Å². The molecule has 3 aromatic rings. The van der Waals surface area contributed by atoms with E-state index in [0.29, 0.717) is 0 Å². The third-order valence-electron chi connectivity index (χ3n) is 4.63. The molecule has 0 saturated carbocycles. The van der Waals surface area contributed by atoms with E-state index in [2.05, 4.69) is 43.4 Å². The Kier molecular flexibility index (Phi) is 5.82. The van der Waals surface area contributed by atoms with Gasteiger partial charge in [-0.1, -0.05) is 78.4 Å². The number of carbonyl (C=O) groups is 1. The quantitative estimate of drug-likeness (QED) is 0.513. The summed E-state index contributed by atoms with van der Waals surface area (Å²) in [7, 11) is 0. The molecule has 0 bridgehead atoms. The Morgan fingerprint density at radius 1 is 0.852 bits per heavy atom. The predicted octanol–water partition coefficient (Wildman–Crippen LogP) is 4.89. The third kappa shape index (κ3) is 4.50. The fraction of sp³-hybridized carbons (Fsp3) is 0.167. The first-order chi connectivity index (χ1) is 13.1. The minimum Gasteiger partial charge on any atom is -0.272 e. The van der Waals surface area contributed by atoms with Crippen LogP contribution in [0, 0.1) is 20.8 Å². The van der Waals surface area contributed by atoms with Gasteiger partial charge in [-0.05, 0) is 43.0 Å². The molecule has 0 atom stereocenters. The van der Waals surface area contributed by atoms with E-state index in [9.17, 15) is 4.79 Å². The Morgan fingerprint density at radius 2 is 1.33 bits per heavy atom. The predicted molar refractivity (Wildman–Crippen MR) is 111 cm³/mol. The number of amides is 1. The maximum atomic E-state index is 12.9. The van der Waals surface area contributed by atoms with Gasteiger partial charge in [0.2, 0.25) is 0 Å². The van der Waals surface area contributed by atoms with Gasteiger partial charge in [0.25, 0.3) is 5.91 Å². The SMILES string of the molecule is Cc1cc(C)c(/C=N\NC(=O)C(c2ccccc2)c2ccccc2)c(C)c1. The van der Waals surface area contributed by atoms with Crippen molar-refractivity contribution in [2.45, 2.75) is 26.7 Å². The van der Waals surface area contributed by atoms with Crippen LogP contribution < -0.4 is 5.43 Å². The van der Waals surface area contributed by atoms with E-state index >= 15 is 0 Å². The Balaban J connectivity index is 1.84. The summed E-state index contributed by atoms with van der Waals surface area (Å²) in [6.45, 7) is 6.19. The smallest absolute Gasteiger partial charge is 0.252 e. The fourth-order valence-corrected chi connectivity index (χ4v) is 3.41. The van der Waals surface area contributed by atoms with Gasteiger partial charge in [0.15, 0.2) is 0 Å². The van der Waals surface area contributed by atoms with E-state index in [4.69, 9.17) is 0 Å². The summed E-state index contributed by atoms with van der Waals surface area (Å²) < 4.78 is 0. The minimum absolute atomic E-state index is 0.147. The lowest BCUT2D eigenvalue weighted by atomic mass is 9.91. The van der Waals surface area contributed by atoms with Gasteiger partial charge in [0, 0.05) is 5.56 Å². The van der Waals surface area contributed by atoms with Crippen molar-refractivity contribution in [1.82, 2.24) is 5.43 Å². The van der Waals surface area contributed by atoms with Crippen molar-refractivity contribution in [3.8, 4) is 0 Å². The highest BCUT2D eigenvalue weighted by atomic mass is 16.2. The molecule has 3 nitrogen and oxygen atoms in total. The lowest BCUT2D eigenvalue weighted by molar-refractivity contribution is -0.121. The fourth-order valence-electron chi connectivity index (χ4n) is 3.41. The average Bonchev–Trinajstić information content (AvgIpc) is 2.66. The van der Waals surface area contributed by atoms with Gasteiger partial charge >= 0.3 is 0 Å². The number of nitrogens with zero attached hydrogens (tertiary/aromatic N) is 1. The molecule has 0 saturated heterocycles. The topological polar surface area (TPSA) is 41.5 Å². The summed E-state index contributed by atoms with van der Waals surface area (Å²) in [6, 6.07) is 23.8. The molecule has 0 aliphatic carbocycles. The second-order valence-electron chi connectivity index (χ2n) is 6.80. The minimum atomic E-state index is -0.398. The Morgan fingerprint density at radius 3 is 1.81 bits per heavy atom. The molecule has 0 aliphatic rings. The van der Waals surface area contributed by atoms with Crippen LogP contribution in [0.2, 0.25) is 0 Å². The molecule has 0 radical (unpaired) electrons. The lowest BCUT2D eigenvalue weighted by Gasteiger charge is -2.16. The number of hydrogen-bond donors (Lipinski definition) is 1. The summed E-state index contributed by atoms with van der Waals surface area (Å²) in [5, 5.41) is 4.24. The van der Waals surface area contributed by atoms with Crippen LogP contribution in [-0.4, -0.2) is 12.1 Å². The van der Waals surface area contributed by atoms with Gasteiger partial charge in [0.1, 0.15) is 0 Å². The van der Waals surface area contributed by atoms with E-state index in [1.54, 1.807) is 6.21 Å². The molecule has 3 heteroatoms. The zero-order valence-electron chi connectivity index (χ0n) is 15.9. The zero-order chi connectivity index (χ0) is 19.2. The van der Waals surface area contributed by atoms with Gasteiger partial charge < -0.3 is 0 Å². The second-order valence-corrected chi connectivity index (χ2v) is 6.80. The number of carbonyl (C=O) groups excluding carboxylic acids is 1. The van der Waals surface area contributed by atoms with Gasteiger partial charge in [0.05, 0.1) is 12.1 Å². The largest absolute Gasteiger partial charge is 0.272 e. The molecule has 136 valence electrons. The van der Waals surface area contributed by atoms with Crippen LogP contribution >= 0.6 is 0 Å². The first kappa shape index (κ1) is 18.6. The van der Waals surface area contributed by atoms with Crippen LogP contribution in [0.15, 0.2) is 77.9 Å². The first-order valence-corrected chi connectivity index (χ1v) is 9.07. The van der Waals surface area contributed by atoms with Crippen molar-refractivity contribution in [3.05, 3.63) is 106 Å². The maximum absolute atomic E-state index is 12.9. The van der Waals surface area contributed by atoms with E-state index in [1.165, 1.54) is 5.56 Å². The molecule has 1 N–H and O–H groups in total. The lowest BCUT2D eigenvalue weighted by Crippen LogP contribution is -2.26. The van der Waals surface area contributed by atoms with E-state index in [0.717, 1.165) is 27.8 Å². The van der Waals surface area contributed by atoms with E-state index in [-0.39, 0.29) is 5.91 Å². The van der Waals surface area contributed by atoms with Crippen molar-refractivity contribution in [1.29, 1.82) is 0 Å². The highest BCUT2D eigenvalue weighted by Crippen LogP contribution is 2.24.